The van der Waals surface area contributed by atoms with Gasteiger partial charge in [-0.25, -0.2) is 0 Å². The van der Waals surface area contributed by atoms with Crippen molar-refractivity contribution in [3.8, 4) is 0 Å². The van der Waals surface area contributed by atoms with Crippen molar-refractivity contribution in [3.05, 3.63) is 0 Å². The highest BCUT2D eigenvalue weighted by atomic mass is 16.2. The predicted molar refractivity (Wildman–Crippen MR) is 60.7 cm³/mol. The number of nitrogens with one attached hydrogen (secondary N) is 2. The maximum absolute atomic E-state index is 12.1. The van der Waals surface area contributed by atoms with E-state index in [9.17, 15) is 9.59 Å². The van der Waals surface area contributed by atoms with E-state index in [4.69, 9.17) is 0 Å². The average Bonchev–Trinajstić information content (AvgIpc) is 2.24. The number of hydrogen-bond donors (Lipinski definition) is 2. The third kappa shape index (κ3) is 1.81. The number of rotatable bonds is 1. The second kappa shape index (κ2) is 4.07. The van der Waals surface area contributed by atoms with Gasteiger partial charge in [0.1, 0.15) is 11.6 Å². The Balaban J connectivity index is 2.14. The van der Waals surface area contributed by atoms with E-state index in [1.165, 1.54) is 6.42 Å². The van der Waals surface area contributed by atoms with Gasteiger partial charge in [-0.15, -0.1) is 0 Å². The summed E-state index contributed by atoms with van der Waals surface area (Å²) in [5.74, 6) is 0.145. The van der Waals surface area contributed by atoms with Gasteiger partial charge >= 0.3 is 0 Å². The van der Waals surface area contributed by atoms with Crippen molar-refractivity contribution in [2.24, 2.45) is 5.92 Å². The molecular weight excluding hydrogens is 204 g/mol. The monoisotopic (exact) mass is 224 g/mol. The van der Waals surface area contributed by atoms with E-state index in [1.807, 2.05) is 13.8 Å². The summed E-state index contributed by atoms with van der Waals surface area (Å²) < 4.78 is 0. The van der Waals surface area contributed by atoms with Gasteiger partial charge in [-0.2, -0.15) is 0 Å². The van der Waals surface area contributed by atoms with Crippen molar-refractivity contribution in [2.45, 2.75) is 57.5 Å². The molecule has 0 aromatic rings. The molecule has 16 heavy (non-hydrogen) atoms. The lowest BCUT2D eigenvalue weighted by atomic mass is 9.78. The smallest absolute Gasteiger partial charge is 0.246 e. The zero-order chi connectivity index (χ0) is 11.8. The number of piperazine rings is 1. The fourth-order valence-electron chi connectivity index (χ4n) is 2.69. The Morgan fingerprint density at radius 2 is 1.81 bits per heavy atom. The van der Waals surface area contributed by atoms with E-state index in [2.05, 4.69) is 10.6 Å². The summed E-state index contributed by atoms with van der Waals surface area (Å²) in [6, 6.07) is -0.361. The Bertz CT molecular complexity index is 306. The number of hydrogen-bond acceptors (Lipinski definition) is 2. The average molecular weight is 224 g/mol. The van der Waals surface area contributed by atoms with Crippen LogP contribution in [0.2, 0.25) is 0 Å². The highest BCUT2D eigenvalue weighted by molar-refractivity contribution is 5.99. The van der Waals surface area contributed by atoms with Crippen molar-refractivity contribution < 1.29 is 9.59 Å². The van der Waals surface area contributed by atoms with Gasteiger partial charge in [-0.1, -0.05) is 33.1 Å². The third-order valence-corrected chi connectivity index (χ3v) is 3.74. The van der Waals surface area contributed by atoms with Crippen LogP contribution in [0.15, 0.2) is 0 Å². The minimum Gasteiger partial charge on any atom is -0.342 e. The normalized spacial score (nSPS) is 29.1. The first-order valence-corrected chi connectivity index (χ1v) is 6.18. The molecule has 0 radical (unpaired) electrons. The summed E-state index contributed by atoms with van der Waals surface area (Å²) in [6.07, 6.45) is 4.80. The van der Waals surface area contributed by atoms with Gasteiger partial charge in [0, 0.05) is 0 Å². The Labute approximate surface area is 96.2 Å². The maximum atomic E-state index is 12.1. The van der Waals surface area contributed by atoms with Crippen LogP contribution >= 0.6 is 0 Å². The largest absolute Gasteiger partial charge is 0.342 e. The van der Waals surface area contributed by atoms with E-state index in [0.29, 0.717) is 0 Å². The van der Waals surface area contributed by atoms with Crippen LogP contribution in [0.25, 0.3) is 0 Å². The molecule has 1 spiro atoms. The molecule has 2 amide bonds. The number of carbonyl (C=O) groups excluding carboxylic acids is 2. The van der Waals surface area contributed by atoms with Crippen LogP contribution in [0.4, 0.5) is 0 Å². The molecule has 2 N–H and O–H groups in total. The van der Waals surface area contributed by atoms with E-state index in [0.717, 1.165) is 25.7 Å². The molecule has 4 nitrogen and oxygen atoms in total. The Hall–Kier alpha value is -1.06. The number of carbonyl (C=O) groups is 2. The van der Waals surface area contributed by atoms with Crippen molar-refractivity contribution in [1.82, 2.24) is 10.6 Å². The van der Waals surface area contributed by atoms with Crippen LogP contribution in [0.3, 0.4) is 0 Å². The van der Waals surface area contributed by atoms with Gasteiger partial charge in [0.25, 0.3) is 0 Å². The van der Waals surface area contributed by atoms with Crippen LogP contribution in [0.1, 0.15) is 46.0 Å². The second-order valence-corrected chi connectivity index (χ2v) is 5.33. The molecule has 0 aromatic carbocycles. The van der Waals surface area contributed by atoms with Crippen LogP contribution < -0.4 is 10.6 Å². The molecule has 0 unspecified atom stereocenters. The molecule has 2 rings (SSSR count). The first-order chi connectivity index (χ1) is 7.55. The van der Waals surface area contributed by atoms with Crippen molar-refractivity contribution in [2.75, 3.05) is 0 Å². The highest BCUT2D eigenvalue weighted by Gasteiger charge is 2.47. The molecule has 1 atom stereocenters. The lowest BCUT2D eigenvalue weighted by Gasteiger charge is -2.43. The van der Waals surface area contributed by atoms with Gasteiger partial charge in [-0.3, -0.25) is 9.59 Å². The molecular formula is C12H20N2O2. The quantitative estimate of drug-likeness (QED) is 0.697. The lowest BCUT2D eigenvalue weighted by Crippen LogP contribution is -2.70. The second-order valence-electron chi connectivity index (χ2n) is 5.33. The molecule has 2 aliphatic rings. The summed E-state index contributed by atoms with van der Waals surface area (Å²) >= 11 is 0. The highest BCUT2D eigenvalue weighted by Crippen LogP contribution is 2.30. The molecule has 1 saturated heterocycles. The van der Waals surface area contributed by atoms with Gasteiger partial charge in [0.05, 0.1) is 0 Å². The van der Waals surface area contributed by atoms with E-state index < -0.39 is 5.54 Å². The number of amides is 2. The van der Waals surface area contributed by atoms with E-state index >= 15 is 0 Å². The fraction of sp³-hybridized carbons (Fsp3) is 0.833. The fourth-order valence-corrected chi connectivity index (χ4v) is 2.69. The molecule has 0 aromatic heterocycles. The molecule has 4 heteroatoms. The predicted octanol–water partition coefficient (Wildman–Crippen LogP) is 0.960. The molecule has 2 fully saturated rings. The summed E-state index contributed by atoms with van der Waals surface area (Å²) in [6.45, 7) is 3.90. The maximum Gasteiger partial charge on any atom is 0.246 e. The molecule has 90 valence electrons. The van der Waals surface area contributed by atoms with Crippen molar-refractivity contribution >= 4 is 11.8 Å². The summed E-state index contributed by atoms with van der Waals surface area (Å²) in [4.78, 5) is 24.0. The molecule has 0 bridgehead atoms. The van der Waals surface area contributed by atoms with E-state index in [-0.39, 0.29) is 23.8 Å². The van der Waals surface area contributed by atoms with Crippen molar-refractivity contribution in [1.29, 1.82) is 0 Å². The Morgan fingerprint density at radius 1 is 1.19 bits per heavy atom. The zero-order valence-corrected chi connectivity index (χ0v) is 10.0. The molecule has 1 aliphatic heterocycles. The summed E-state index contributed by atoms with van der Waals surface area (Å²) in [7, 11) is 0. The van der Waals surface area contributed by atoms with Crippen LogP contribution in [-0.2, 0) is 9.59 Å². The van der Waals surface area contributed by atoms with Crippen LogP contribution in [0.5, 0.6) is 0 Å². The minimum atomic E-state index is -0.597. The van der Waals surface area contributed by atoms with Gasteiger partial charge in [0.2, 0.25) is 11.8 Å². The van der Waals surface area contributed by atoms with Gasteiger partial charge < -0.3 is 10.6 Å². The van der Waals surface area contributed by atoms with E-state index in [1.54, 1.807) is 0 Å². The van der Waals surface area contributed by atoms with Crippen LogP contribution in [-0.4, -0.2) is 23.4 Å². The first kappa shape index (κ1) is 11.4. The molecule has 1 heterocycles. The third-order valence-electron chi connectivity index (χ3n) is 3.74. The Kier molecular flexibility index (Phi) is 2.91. The molecule has 1 saturated carbocycles. The summed E-state index contributed by atoms with van der Waals surface area (Å²) in [5.41, 5.74) is -0.597. The SMILES string of the molecule is CC(C)[C@H]1NC(=O)C2(CCCCC2)NC1=O. The van der Waals surface area contributed by atoms with Gasteiger partial charge in [-0.05, 0) is 18.8 Å². The molecule has 1 aliphatic carbocycles. The lowest BCUT2D eigenvalue weighted by molar-refractivity contribution is -0.144. The van der Waals surface area contributed by atoms with Crippen molar-refractivity contribution in [3.63, 3.8) is 0 Å². The summed E-state index contributed by atoms with van der Waals surface area (Å²) in [5, 5.41) is 5.84. The zero-order valence-electron chi connectivity index (χ0n) is 10.0. The van der Waals surface area contributed by atoms with Gasteiger partial charge in [0.15, 0.2) is 0 Å². The topological polar surface area (TPSA) is 58.2 Å². The minimum absolute atomic E-state index is 0.0171. The first-order valence-electron chi connectivity index (χ1n) is 6.18. The standard InChI is InChI=1S/C12H20N2O2/c1-8(2)9-10(15)14-12(11(16)13-9)6-4-3-5-7-12/h8-9H,3-7H2,1-2H3,(H,13,16)(H,14,15)/t9-/m1/s1. The Morgan fingerprint density at radius 3 is 2.38 bits per heavy atom. The van der Waals surface area contributed by atoms with Crippen LogP contribution in [0, 0.1) is 5.92 Å².